The molecule has 0 saturated heterocycles. The summed E-state index contributed by atoms with van der Waals surface area (Å²) in [5.74, 6) is 0.357. The Hall–Kier alpha value is -3.19. The summed E-state index contributed by atoms with van der Waals surface area (Å²) >= 11 is 0. The number of nitrogens with zero attached hydrogens (tertiary/aromatic N) is 3. The maximum absolute atomic E-state index is 9.56. The lowest BCUT2D eigenvalue weighted by Gasteiger charge is -2.12. The molecule has 0 saturated carbocycles. The van der Waals surface area contributed by atoms with Crippen molar-refractivity contribution in [1.82, 2.24) is 9.97 Å². The summed E-state index contributed by atoms with van der Waals surface area (Å²) < 4.78 is 5.60. The van der Waals surface area contributed by atoms with Gasteiger partial charge in [0.25, 0.3) is 0 Å². The zero-order chi connectivity index (χ0) is 16.1. The number of hydrogen-bond acceptors (Lipinski definition) is 4. The molecular weight excluding hydrogens is 286 g/mol. The van der Waals surface area contributed by atoms with Crippen LogP contribution in [-0.4, -0.2) is 16.6 Å². The van der Waals surface area contributed by atoms with Gasteiger partial charge in [0, 0.05) is 29.1 Å². The second kappa shape index (κ2) is 6.71. The molecule has 23 heavy (non-hydrogen) atoms. The van der Waals surface area contributed by atoms with E-state index in [2.05, 4.69) is 16.0 Å². The van der Waals surface area contributed by atoms with Gasteiger partial charge < -0.3 is 4.74 Å². The Morgan fingerprint density at radius 3 is 2.52 bits per heavy atom. The second-order valence-corrected chi connectivity index (χ2v) is 4.89. The van der Waals surface area contributed by atoms with Gasteiger partial charge in [0.1, 0.15) is 11.6 Å². The topological polar surface area (TPSA) is 58.8 Å². The Labute approximate surface area is 135 Å². The maximum Gasteiger partial charge on any atom is 0.232 e. The third-order valence-corrected chi connectivity index (χ3v) is 3.42. The Kier molecular flexibility index (Phi) is 4.30. The van der Waals surface area contributed by atoms with Gasteiger partial charge in [0.05, 0.1) is 12.3 Å². The van der Waals surface area contributed by atoms with Crippen molar-refractivity contribution in [3.05, 3.63) is 66.5 Å². The van der Waals surface area contributed by atoms with Crippen molar-refractivity contribution in [3.63, 3.8) is 0 Å². The summed E-state index contributed by atoms with van der Waals surface area (Å²) in [4.78, 5) is 8.67. The van der Waals surface area contributed by atoms with E-state index < -0.39 is 0 Å². The predicted octanol–water partition coefficient (Wildman–Crippen LogP) is 4.08. The predicted molar refractivity (Wildman–Crippen MR) is 88.8 cm³/mol. The molecule has 0 aliphatic rings. The molecule has 0 bridgehead atoms. The van der Waals surface area contributed by atoms with Crippen LogP contribution in [-0.2, 0) is 0 Å². The fourth-order valence-corrected chi connectivity index (χ4v) is 2.38. The first-order chi connectivity index (χ1) is 11.3. The molecule has 0 spiro atoms. The molecule has 2 heterocycles. The van der Waals surface area contributed by atoms with E-state index in [-0.39, 0.29) is 0 Å². The van der Waals surface area contributed by atoms with E-state index in [4.69, 9.17) is 4.74 Å². The van der Waals surface area contributed by atoms with Gasteiger partial charge in [-0.05, 0) is 19.1 Å². The van der Waals surface area contributed by atoms with Crippen LogP contribution in [0.1, 0.15) is 12.5 Å². The van der Waals surface area contributed by atoms with Crippen LogP contribution in [0.25, 0.3) is 22.4 Å². The highest BCUT2D eigenvalue weighted by Gasteiger charge is 2.16. The zero-order valence-electron chi connectivity index (χ0n) is 12.7. The fraction of sp³-hybridized carbons (Fsp3) is 0.105. The highest BCUT2D eigenvalue weighted by molar-refractivity contribution is 5.77. The lowest BCUT2D eigenvalue weighted by molar-refractivity contribution is 0.326. The Morgan fingerprint density at radius 2 is 1.87 bits per heavy atom. The van der Waals surface area contributed by atoms with Crippen molar-refractivity contribution < 1.29 is 4.74 Å². The van der Waals surface area contributed by atoms with E-state index in [9.17, 15) is 5.26 Å². The molecule has 3 aromatic rings. The van der Waals surface area contributed by atoms with Crippen molar-refractivity contribution in [2.24, 2.45) is 0 Å². The van der Waals surface area contributed by atoms with Crippen molar-refractivity contribution in [3.8, 4) is 34.3 Å². The van der Waals surface area contributed by atoms with Crippen LogP contribution in [0.3, 0.4) is 0 Å². The summed E-state index contributed by atoms with van der Waals surface area (Å²) in [6, 6.07) is 17.7. The van der Waals surface area contributed by atoms with Crippen molar-refractivity contribution in [2.45, 2.75) is 6.92 Å². The molecule has 0 N–H and O–H groups in total. The van der Waals surface area contributed by atoms with Crippen LogP contribution < -0.4 is 4.74 Å². The first-order valence-electron chi connectivity index (χ1n) is 7.37. The van der Waals surface area contributed by atoms with Crippen LogP contribution in [0.15, 0.2) is 60.9 Å². The average Bonchev–Trinajstić information content (AvgIpc) is 2.63. The summed E-state index contributed by atoms with van der Waals surface area (Å²) in [6.45, 7) is 2.33. The smallest absolute Gasteiger partial charge is 0.232 e. The van der Waals surface area contributed by atoms with Crippen molar-refractivity contribution in [1.29, 1.82) is 5.26 Å². The van der Waals surface area contributed by atoms with E-state index in [0.717, 1.165) is 22.4 Å². The van der Waals surface area contributed by atoms with Crippen LogP contribution in [0.2, 0.25) is 0 Å². The average molecular weight is 301 g/mol. The number of hydrogen-bond donors (Lipinski definition) is 0. The maximum atomic E-state index is 9.56. The quantitative estimate of drug-likeness (QED) is 0.728. The van der Waals surface area contributed by atoms with Gasteiger partial charge in [-0.15, -0.1) is 0 Å². The first-order valence-corrected chi connectivity index (χ1v) is 7.37. The van der Waals surface area contributed by atoms with Gasteiger partial charge in [-0.3, -0.25) is 4.98 Å². The third kappa shape index (κ3) is 3.04. The number of ether oxygens (including phenoxy) is 1. The molecule has 0 fully saturated rings. The van der Waals surface area contributed by atoms with Crippen LogP contribution in [0, 0.1) is 11.3 Å². The highest BCUT2D eigenvalue weighted by Crippen LogP contribution is 2.32. The molecule has 1 aromatic carbocycles. The molecule has 4 heteroatoms. The summed E-state index contributed by atoms with van der Waals surface area (Å²) in [6.07, 6.45) is 3.44. The molecule has 0 unspecified atom stereocenters. The SMILES string of the molecule is CCOc1nc(-c2ccccc2)cc(-c2cccnc2)c1C#N. The van der Waals surface area contributed by atoms with E-state index in [1.54, 1.807) is 12.4 Å². The van der Waals surface area contributed by atoms with Crippen LogP contribution in [0.5, 0.6) is 5.88 Å². The van der Waals surface area contributed by atoms with Gasteiger partial charge >= 0.3 is 0 Å². The summed E-state index contributed by atoms with van der Waals surface area (Å²) in [5, 5.41) is 9.56. The standard InChI is InChI=1S/C19H15N3O/c1-2-23-19-17(12-20)16(15-9-6-10-21-13-15)11-18(22-19)14-7-4-3-5-8-14/h3-11,13H,2H2,1H3. The minimum atomic E-state index is 0.357. The summed E-state index contributed by atoms with van der Waals surface area (Å²) in [7, 11) is 0. The second-order valence-electron chi connectivity index (χ2n) is 4.89. The third-order valence-electron chi connectivity index (χ3n) is 3.42. The molecule has 0 radical (unpaired) electrons. The number of benzene rings is 1. The molecule has 4 nitrogen and oxygen atoms in total. The van der Waals surface area contributed by atoms with Gasteiger partial charge in [0.2, 0.25) is 5.88 Å². The number of pyridine rings is 2. The molecule has 2 aromatic heterocycles. The molecule has 112 valence electrons. The van der Waals surface area contributed by atoms with Gasteiger partial charge in [-0.1, -0.05) is 36.4 Å². The summed E-state index contributed by atoms with van der Waals surface area (Å²) in [5.41, 5.74) is 3.82. The normalized spacial score (nSPS) is 10.1. The molecule has 3 rings (SSSR count). The first kappa shape index (κ1) is 14.7. The van der Waals surface area contributed by atoms with E-state index >= 15 is 0 Å². The highest BCUT2D eigenvalue weighted by atomic mass is 16.5. The van der Waals surface area contributed by atoms with Crippen LogP contribution >= 0.6 is 0 Å². The molecule has 0 aliphatic carbocycles. The van der Waals surface area contributed by atoms with Crippen molar-refractivity contribution >= 4 is 0 Å². The molecular formula is C19H15N3O. The molecule has 0 amide bonds. The van der Waals surface area contributed by atoms with Crippen LogP contribution in [0.4, 0.5) is 0 Å². The van der Waals surface area contributed by atoms with Gasteiger partial charge in [-0.2, -0.15) is 5.26 Å². The lowest BCUT2D eigenvalue weighted by atomic mass is 10.00. The monoisotopic (exact) mass is 301 g/mol. The van der Waals surface area contributed by atoms with E-state index in [1.165, 1.54) is 0 Å². The zero-order valence-corrected chi connectivity index (χ0v) is 12.7. The number of rotatable bonds is 4. The van der Waals surface area contributed by atoms with Gasteiger partial charge in [-0.25, -0.2) is 4.98 Å². The van der Waals surface area contributed by atoms with E-state index in [0.29, 0.717) is 18.1 Å². The minimum Gasteiger partial charge on any atom is -0.477 e. The largest absolute Gasteiger partial charge is 0.477 e. The lowest BCUT2D eigenvalue weighted by Crippen LogP contribution is -2.01. The van der Waals surface area contributed by atoms with Crippen molar-refractivity contribution in [2.75, 3.05) is 6.61 Å². The Bertz CT molecular complexity index is 840. The fourth-order valence-electron chi connectivity index (χ4n) is 2.38. The Balaban J connectivity index is 2.25. The number of nitriles is 1. The minimum absolute atomic E-state index is 0.357. The Morgan fingerprint density at radius 1 is 1.09 bits per heavy atom. The molecule has 0 atom stereocenters. The number of aromatic nitrogens is 2. The molecule has 0 aliphatic heterocycles. The van der Waals surface area contributed by atoms with Gasteiger partial charge in [0.15, 0.2) is 0 Å². The van der Waals surface area contributed by atoms with E-state index in [1.807, 2.05) is 55.5 Å².